The summed E-state index contributed by atoms with van der Waals surface area (Å²) in [6.07, 6.45) is 0. The smallest absolute Gasteiger partial charge is 0.234 e. The zero-order chi connectivity index (χ0) is 15.7. The molecule has 1 aromatic carbocycles. The predicted octanol–water partition coefficient (Wildman–Crippen LogP) is 1.45. The number of nitrogens with two attached hydrogens (primary N) is 1. The number of hydrogen-bond donors (Lipinski definition) is 2. The van der Waals surface area contributed by atoms with E-state index in [2.05, 4.69) is 4.98 Å². The molecule has 1 amide bonds. The number of pyridine rings is 1. The maximum atomic E-state index is 12.3. The maximum absolute atomic E-state index is 12.3. The number of primary amides is 1. The van der Waals surface area contributed by atoms with Gasteiger partial charge in [-0.05, 0) is 38.9 Å². The molecule has 0 fully saturated rings. The number of aryl methyl sites for hydroxylation is 2. The highest BCUT2D eigenvalue weighted by molar-refractivity contribution is 5.84. The predicted molar refractivity (Wildman–Crippen MR) is 84.2 cm³/mol. The third-order valence-corrected chi connectivity index (χ3v) is 3.95. The number of carbonyl (C=O) groups excluding carboxylic acids is 1. The monoisotopic (exact) mass is 287 g/mol. The van der Waals surface area contributed by atoms with E-state index in [1.165, 1.54) is 0 Å². The first kappa shape index (κ1) is 15.3. The normalized spacial score (nSPS) is 12.8. The van der Waals surface area contributed by atoms with Gasteiger partial charge in [0.15, 0.2) is 5.43 Å². The van der Waals surface area contributed by atoms with Gasteiger partial charge in [-0.3, -0.25) is 14.5 Å². The van der Waals surface area contributed by atoms with Gasteiger partial charge >= 0.3 is 0 Å². The van der Waals surface area contributed by atoms with Gasteiger partial charge in [0.05, 0.1) is 11.6 Å². The van der Waals surface area contributed by atoms with E-state index in [-0.39, 0.29) is 17.4 Å². The number of aromatic amines is 1. The van der Waals surface area contributed by atoms with Crippen LogP contribution in [0, 0.1) is 13.8 Å². The lowest BCUT2D eigenvalue weighted by Crippen LogP contribution is -2.40. The molecule has 5 heteroatoms. The number of nitrogens with zero attached hydrogens (tertiary/aromatic N) is 1. The Morgan fingerprint density at radius 1 is 1.33 bits per heavy atom. The maximum Gasteiger partial charge on any atom is 0.234 e. The van der Waals surface area contributed by atoms with Gasteiger partial charge in [0.2, 0.25) is 5.91 Å². The van der Waals surface area contributed by atoms with Gasteiger partial charge in [-0.25, -0.2) is 0 Å². The molecular formula is C16H21N3O2. The Labute approximate surface area is 123 Å². The summed E-state index contributed by atoms with van der Waals surface area (Å²) in [5.41, 5.74) is 8.92. The Balaban J connectivity index is 2.46. The first-order valence-corrected chi connectivity index (χ1v) is 6.93. The van der Waals surface area contributed by atoms with Gasteiger partial charge in [-0.15, -0.1) is 0 Å². The highest BCUT2D eigenvalue weighted by Crippen LogP contribution is 2.18. The second kappa shape index (κ2) is 5.69. The second-order valence-corrected chi connectivity index (χ2v) is 5.60. The molecule has 0 aliphatic heterocycles. The average Bonchev–Trinajstić information content (AvgIpc) is 2.41. The highest BCUT2D eigenvalue weighted by atomic mass is 16.1. The summed E-state index contributed by atoms with van der Waals surface area (Å²) in [4.78, 5) is 28.7. The fourth-order valence-electron chi connectivity index (χ4n) is 2.42. The Hall–Kier alpha value is -2.14. The molecule has 3 N–H and O–H groups in total. The molecule has 0 spiro atoms. The van der Waals surface area contributed by atoms with Gasteiger partial charge in [0, 0.05) is 23.7 Å². The van der Waals surface area contributed by atoms with E-state index in [1.54, 1.807) is 20.0 Å². The molecule has 0 radical (unpaired) electrons. The molecule has 0 saturated carbocycles. The van der Waals surface area contributed by atoms with Crippen LogP contribution in [0.3, 0.4) is 0 Å². The number of benzene rings is 1. The van der Waals surface area contributed by atoms with Crippen LogP contribution in [-0.2, 0) is 11.3 Å². The minimum atomic E-state index is -0.386. The van der Waals surface area contributed by atoms with Gasteiger partial charge in [0.1, 0.15) is 0 Å². The molecule has 2 rings (SSSR count). The van der Waals surface area contributed by atoms with E-state index in [4.69, 9.17) is 5.73 Å². The van der Waals surface area contributed by atoms with Crippen LogP contribution in [0.25, 0.3) is 10.9 Å². The van der Waals surface area contributed by atoms with Crippen molar-refractivity contribution in [2.75, 3.05) is 7.05 Å². The van der Waals surface area contributed by atoms with E-state index >= 15 is 0 Å². The summed E-state index contributed by atoms with van der Waals surface area (Å²) in [7, 11) is 1.81. The topological polar surface area (TPSA) is 79.2 Å². The summed E-state index contributed by atoms with van der Waals surface area (Å²) >= 11 is 0. The third-order valence-electron chi connectivity index (χ3n) is 3.95. The van der Waals surface area contributed by atoms with E-state index < -0.39 is 0 Å². The lowest BCUT2D eigenvalue weighted by atomic mass is 10.0. The molecule has 0 unspecified atom stereocenters. The highest BCUT2D eigenvalue weighted by Gasteiger charge is 2.16. The second-order valence-electron chi connectivity index (χ2n) is 5.60. The number of aromatic nitrogens is 1. The number of carbonyl (C=O) groups is 1. The van der Waals surface area contributed by atoms with Gasteiger partial charge in [-0.1, -0.05) is 12.1 Å². The number of amides is 1. The minimum Gasteiger partial charge on any atom is -0.368 e. The molecule has 0 bridgehead atoms. The van der Waals surface area contributed by atoms with Gasteiger partial charge < -0.3 is 10.7 Å². The zero-order valence-corrected chi connectivity index (χ0v) is 12.9. The molecule has 1 heterocycles. The van der Waals surface area contributed by atoms with Crippen LogP contribution in [0.4, 0.5) is 0 Å². The Kier molecular flexibility index (Phi) is 4.14. The van der Waals surface area contributed by atoms with Crippen molar-refractivity contribution in [1.82, 2.24) is 9.88 Å². The lowest BCUT2D eigenvalue weighted by molar-refractivity contribution is -0.122. The van der Waals surface area contributed by atoms with Crippen LogP contribution in [0.5, 0.6) is 0 Å². The summed E-state index contributed by atoms with van der Waals surface area (Å²) < 4.78 is 0. The van der Waals surface area contributed by atoms with Crippen molar-refractivity contribution >= 4 is 16.8 Å². The molecule has 0 saturated heterocycles. The summed E-state index contributed by atoms with van der Waals surface area (Å²) in [6.45, 7) is 6.11. The van der Waals surface area contributed by atoms with Gasteiger partial charge in [-0.2, -0.15) is 0 Å². The van der Waals surface area contributed by atoms with Crippen LogP contribution in [0.15, 0.2) is 23.0 Å². The Morgan fingerprint density at radius 2 is 1.95 bits per heavy atom. The van der Waals surface area contributed by atoms with Crippen molar-refractivity contribution < 1.29 is 4.79 Å². The van der Waals surface area contributed by atoms with Crippen molar-refractivity contribution in [3.05, 3.63) is 45.2 Å². The van der Waals surface area contributed by atoms with Crippen LogP contribution in [-0.4, -0.2) is 28.9 Å². The summed E-state index contributed by atoms with van der Waals surface area (Å²) in [5, 5.41) is 0.726. The zero-order valence-electron chi connectivity index (χ0n) is 12.9. The molecule has 21 heavy (non-hydrogen) atoms. The van der Waals surface area contributed by atoms with Crippen molar-refractivity contribution in [1.29, 1.82) is 0 Å². The van der Waals surface area contributed by atoms with Crippen LogP contribution in [0.2, 0.25) is 0 Å². The van der Waals surface area contributed by atoms with Crippen LogP contribution >= 0.6 is 0 Å². The Morgan fingerprint density at radius 3 is 2.57 bits per heavy atom. The van der Waals surface area contributed by atoms with Crippen molar-refractivity contribution in [3.63, 3.8) is 0 Å². The molecule has 0 aliphatic rings. The van der Waals surface area contributed by atoms with E-state index in [1.807, 2.05) is 30.9 Å². The molecule has 112 valence electrons. The first-order valence-electron chi connectivity index (χ1n) is 6.93. The number of nitrogens with one attached hydrogen (secondary N) is 1. The number of likely N-dealkylation sites (N-methyl/N-ethyl adjacent to an activating group) is 1. The van der Waals surface area contributed by atoms with Crippen molar-refractivity contribution in [2.24, 2.45) is 5.73 Å². The SMILES string of the molecule is Cc1ccc(C)c2c(=O)cc(CN(C)[C@@H](C)C(N)=O)[nH]c12. The van der Waals surface area contributed by atoms with Crippen molar-refractivity contribution in [2.45, 2.75) is 33.4 Å². The molecular weight excluding hydrogens is 266 g/mol. The van der Waals surface area contributed by atoms with Gasteiger partial charge in [0.25, 0.3) is 0 Å². The minimum absolute atomic E-state index is 0.0000723. The lowest BCUT2D eigenvalue weighted by Gasteiger charge is -2.22. The first-order chi connectivity index (χ1) is 9.81. The third kappa shape index (κ3) is 2.97. The molecule has 1 atom stereocenters. The number of rotatable bonds is 4. The fraction of sp³-hybridized carbons (Fsp3) is 0.375. The van der Waals surface area contributed by atoms with Crippen molar-refractivity contribution in [3.8, 4) is 0 Å². The largest absolute Gasteiger partial charge is 0.368 e. The average molecular weight is 287 g/mol. The fourth-order valence-corrected chi connectivity index (χ4v) is 2.42. The molecule has 5 nitrogen and oxygen atoms in total. The summed E-state index contributed by atoms with van der Waals surface area (Å²) in [5.74, 6) is -0.382. The van der Waals surface area contributed by atoms with Crippen LogP contribution in [0.1, 0.15) is 23.7 Å². The van der Waals surface area contributed by atoms with E-state index in [0.717, 1.165) is 27.7 Å². The molecule has 2 aromatic rings. The quantitative estimate of drug-likeness (QED) is 0.893. The van der Waals surface area contributed by atoms with E-state index in [9.17, 15) is 9.59 Å². The van der Waals surface area contributed by atoms with E-state index in [0.29, 0.717) is 6.54 Å². The standard InChI is InChI=1S/C16H21N3O2/c1-9-5-6-10(2)15-14(9)13(20)7-12(18-15)8-19(4)11(3)16(17)21/h5-7,11H,8H2,1-4H3,(H2,17,21)(H,18,20)/t11-/m0/s1. The number of H-pyrrole nitrogens is 1. The Bertz CT molecular complexity index is 749. The molecule has 0 aliphatic carbocycles. The van der Waals surface area contributed by atoms with Crippen LogP contribution < -0.4 is 11.2 Å². The summed E-state index contributed by atoms with van der Waals surface area (Å²) in [6, 6.07) is 5.16. The molecule has 1 aromatic heterocycles. The number of fused-ring (bicyclic) bond motifs is 1. The number of hydrogen-bond acceptors (Lipinski definition) is 3.